The molecular formula is C32H36BrF2N3O4S. The summed E-state index contributed by atoms with van der Waals surface area (Å²) in [5.74, 6) is -4.02. The number of ether oxygens (including phenoxy) is 1. The summed E-state index contributed by atoms with van der Waals surface area (Å²) in [6.45, 7) is 0. The molecule has 1 saturated carbocycles. The molecule has 11 heteroatoms. The van der Waals surface area contributed by atoms with Crippen molar-refractivity contribution in [3.8, 4) is 5.75 Å². The van der Waals surface area contributed by atoms with Crippen molar-refractivity contribution < 1.29 is 26.7 Å². The molecule has 3 atom stereocenters. The average molecular weight is 677 g/mol. The summed E-state index contributed by atoms with van der Waals surface area (Å²) in [5.41, 5.74) is 5.73. The SMILES string of the molecule is CN(C(C(=O)N1C2CCC1CC(N)C2)C(F)(F)c1cccc(Br)c1)S(=O)(=O)c1ccc2cc(OC3CCCC3)ccc2c1. The Labute approximate surface area is 259 Å². The van der Waals surface area contributed by atoms with Gasteiger partial charge in [-0.05, 0) is 98.5 Å². The summed E-state index contributed by atoms with van der Waals surface area (Å²) in [7, 11) is -3.46. The highest BCUT2D eigenvalue weighted by atomic mass is 79.9. The van der Waals surface area contributed by atoms with Crippen LogP contribution in [0.15, 0.2) is 70.0 Å². The van der Waals surface area contributed by atoms with E-state index in [0.29, 0.717) is 45.6 Å². The highest BCUT2D eigenvalue weighted by Gasteiger charge is 2.56. The first kappa shape index (κ1) is 30.4. The van der Waals surface area contributed by atoms with E-state index in [2.05, 4.69) is 15.9 Å². The van der Waals surface area contributed by atoms with Gasteiger partial charge in [-0.1, -0.05) is 40.2 Å². The van der Waals surface area contributed by atoms with E-state index in [1.54, 1.807) is 24.3 Å². The number of fused-ring (bicyclic) bond motifs is 3. The quantitative estimate of drug-likeness (QED) is 0.308. The van der Waals surface area contributed by atoms with E-state index in [-0.39, 0.29) is 29.1 Å². The molecule has 0 spiro atoms. The molecule has 3 unspecified atom stereocenters. The van der Waals surface area contributed by atoms with Gasteiger partial charge in [0, 0.05) is 35.2 Å². The fourth-order valence-corrected chi connectivity index (χ4v) is 8.80. The molecule has 43 heavy (non-hydrogen) atoms. The maximum Gasteiger partial charge on any atom is 0.298 e. The van der Waals surface area contributed by atoms with Crippen molar-refractivity contribution in [2.24, 2.45) is 5.73 Å². The number of carbonyl (C=O) groups is 1. The van der Waals surface area contributed by atoms with Crippen LogP contribution in [0.5, 0.6) is 5.75 Å². The van der Waals surface area contributed by atoms with Gasteiger partial charge in [-0.15, -0.1) is 0 Å². The van der Waals surface area contributed by atoms with Gasteiger partial charge in [-0.2, -0.15) is 13.1 Å². The van der Waals surface area contributed by atoms with Crippen LogP contribution in [0.1, 0.15) is 56.9 Å². The molecule has 230 valence electrons. The monoisotopic (exact) mass is 675 g/mol. The van der Waals surface area contributed by atoms with Gasteiger partial charge in [0.1, 0.15) is 5.75 Å². The number of nitrogens with two attached hydrogens (primary N) is 1. The Hall–Kier alpha value is -2.60. The summed E-state index contributed by atoms with van der Waals surface area (Å²) in [6.07, 6.45) is 6.82. The molecule has 0 aromatic heterocycles. The van der Waals surface area contributed by atoms with Gasteiger partial charge in [-0.25, -0.2) is 8.42 Å². The first-order valence-corrected chi connectivity index (χ1v) is 17.1. The van der Waals surface area contributed by atoms with Crippen LogP contribution in [0.25, 0.3) is 10.8 Å². The van der Waals surface area contributed by atoms with Gasteiger partial charge in [0.15, 0.2) is 6.04 Å². The van der Waals surface area contributed by atoms with E-state index in [4.69, 9.17) is 10.5 Å². The average Bonchev–Trinajstić information content (AvgIpc) is 3.58. The zero-order valence-corrected chi connectivity index (χ0v) is 26.4. The lowest BCUT2D eigenvalue weighted by atomic mass is 9.94. The molecule has 2 aliphatic heterocycles. The minimum absolute atomic E-state index is 0.117. The van der Waals surface area contributed by atoms with Crippen LogP contribution >= 0.6 is 15.9 Å². The molecule has 6 rings (SSSR count). The van der Waals surface area contributed by atoms with Crippen molar-refractivity contribution in [2.45, 2.75) is 92.5 Å². The number of halogens is 3. The van der Waals surface area contributed by atoms with Crippen LogP contribution in [-0.4, -0.2) is 60.8 Å². The molecule has 1 aliphatic carbocycles. The second-order valence-electron chi connectivity index (χ2n) is 12.1. The largest absolute Gasteiger partial charge is 0.490 e. The minimum Gasteiger partial charge on any atom is -0.490 e. The van der Waals surface area contributed by atoms with Crippen LogP contribution in [0.3, 0.4) is 0 Å². The first-order valence-electron chi connectivity index (χ1n) is 14.9. The molecular weight excluding hydrogens is 640 g/mol. The van der Waals surface area contributed by atoms with Gasteiger partial charge in [0.05, 0.1) is 11.0 Å². The Kier molecular flexibility index (Phi) is 8.29. The third-order valence-electron chi connectivity index (χ3n) is 9.24. The highest BCUT2D eigenvalue weighted by Crippen LogP contribution is 2.42. The van der Waals surface area contributed by atoms with Gasteiger partial charge in [-0.3, -0.25) is 4.79 Å². The van der Waals surface area contributed by atoms with Crippen LogP contribution in [0, 0.1) is 0 Å². The Morgan fingerprint density at radius 3 is 2.33 bits per heavy atom. The summed E-state index contributed by atoms with van der Waals surface area (Å²) < 4.78 is 68.1. The number of carbonyl (C=O) groups excluding carboxylic acids is 1. The molecule has 2 heterocycles. The molecule has 2 bridgehead atoms. The number of hydrogen-bond acceptors (Lipinski definition) is 5. The zero-order valence-electron chi connectivity index (χ0n) is 24.0. The molecule has 3 fully saturated rings. The Morgan fingerprint density at radius 1 is 1.00 bits per heavy atom. The van der Waals surface area contributed by atoms with E-state index in [1.165, 1.54) is 35.2 Å². The predicted molar refractivity (Wildman–Crippen MR) is 164 cm³/mol. The van der Waals surface area contributed by atoms with Crippen LogP contribution in [0.4, 0.5) is 8.78 Å². The Bertz CT molecular complexity index is 1620. The summed E-state index contributed by atoms with van der Waals surface area (Å²) >= 11 is 3.24. The number of benzene rings is 3. The fourth-order valence-electron chi connectivity index (χ4n) is 7.05. The van der Waals surface area contributed by atoms with Crippen molar-refractivity contribution in [3.05, 3.63) is 70.7 Å². The lowest BCUT2D eigenvalue weighted by molar-refractivity contribution is -0.155. The van der Waals surface area contributed by atoms with E-state index in [9.17, 15) is 13.2 Å². The summed E-state index contributed by atoms with van der Waals surface area (Å²) in [4.78, 5) is 15.5. The number of piperidine rings is 1. The predicted octanol–water partition coefficient (Wildman–Crippen LogP) is 6.19. The molecule has 2 saturated heterocycles. The second kappa shape index (κ2) is 11.7. The van der Waals surface area contributed by atoms with Crippen LogP contribution < -0.4 is 10.5 Å². The lowest BCUT2D eigenvalue weighted by Crippen LogP contribution is -2.61. The topological polar surface area (TPSA) is 92.9 Å². The van der Waals surface area contributed by atoms with Crippen molar-refractivity contribution >= 4 is 42.6 Å². The zero-order chi connectivity index (χ0) is 30.5. The Balaban J connectivity index is 1.36. The molecule has 1 amide bonds. The standard InChI is InChI=1S/C32H36BrF2N3O4S/c1-37(43(40,41)29-14-10-20-15-28(13-9-21(20)16-29)42-27-7-2-3-8-27)30(32(34,35)22-5-4-6-23(33)17-22)31(39)38-25-11-12-26(38)19-24(36)18-25/h4-6,9-10,13-17,24-27,30H,2-3,7-8,11-12,18-19,36H2,1H3. The van der Waals surface area contributed by atoms with E-state index >= 15 is 8.78 Å². The van der Waals surface area contributed by atoms with Crippen LogP contribution in [-0.2, 0) is 20.7 Å². The maximum atomic E-state index is 16.5. The third kappa shape index (κ3) is 5.81. The van der Waals surface area contributed by atoms with E-state index < -0.39 is 33.5 Å². The first-order chi connectivity index (χ1) is 20.4. The van der Waals surface area contributed by atoms with Crippen LogP contribution in [0.2, 0.25) is 0 Å². The van der Waals surface area contributed by atoms with Gasteiger partial charge in [0.25, 0.3) is 5.92 Å². The fraction of sp³-hybridized carbons (Fsp3) is 0.469. The normalized spacial score (nSPS) is 23.7. The smallest absolute Gasteiger partial charge is 0.298 e. The number of sulfonamides is 1. The number of hydrogen-bond donors (Lipinski definition) is 1. The second-order valence-corrected chi connectivity index (χ2v) is 15.0. The van der Waals surface area contributed by atoms with Crippen molar-refractivity contribution in [1.29, 1.82) is 0 Å². The van der Waals surface area contributed by atoms with Crippen molar-refractivity contribution in [2.75, 3.05) is 7.05 Å². The van der Waals surface area contributed by atoms with Gasteiger partial charge < -0.3 is 15.4 Å². The van der Waals surface area contributed by atoms with Crippen molar-refractivity contribution in [3.63, 3.8) is 0 Å². The number of likely N-dealkylation sites (N-methyl/N-ethyl adjacent to an activating group) is 1. The third-order valence-corrected chi connectivity index (χ3v) is 11.6. The van der Waals surface area contributed by atoms with E-state index in [1.807, 2.05) is 6.07 Å². The van der Waals surface area contributed by atoms with E-state index in [0.717, 1.165) is 38.1 Å². The lowest BCUT2D eigenvalue weighted by Gasteiger charge is -2.42. The molecule has 3 aromatic carbocycles. The Morgan fingerprint density at radius 2 is 1.65 bits per heavy atom. The molecule has 0 radical (unpaired) electrons. The molecule has 3 aromatic rings. The summed E-state index contributed by atoms with van der Waals surface area (Å²) in [6, 6.07) is 12.4. The van der Waals surface area contributed by atoms with Gasteiger partial charge >= 0.3 is 0 Å². The molecule has 2 N–H and O–H groups in total. The number of amides is 1. The molecule has 3 aliphatic rings. The number of nitrogens with zero attached hydrogens (tertiary/aromatic N) is 2. The van der Waals surface area contributed by atoms with Gasteiger partial charge in [0.2, 0.25) is 15.9 Å². The minimum atomic E-state index is -4.53. The van der Waals surface area contributed by atoms with Crippen molar-refractivity contribution in [1.82, 2.24) is 9.21 Å². The number of alkyl halides is 2. The highest BCUT2D eigenvalue weighted by molar-refractivity contribution is 9.10. The number of rotatable bonds is 8. The molecule has 7 nitrogen and oxygen atoms in total. The maximum absolute atomic E-state index is 16.5. The summed E-state index contributed by atoms with van der Waals surface area (Å²) in [5, 5.41) is 1.39.